The van der Waals surface area contributed by atoms with Crippen LogP contribution in [0.3, 0.4) is 0 Å². The van der Waals surface area contributed by atoms with Crippen molar-refractivity contribution in [2.24, 2.45) is 0 Å². The van der Waals surface area contributed by atoms with Gasteiger partial charge in [0.1, 0.15) is 22.5 Å². The zero-order valence-electron chi connectivity index (χ0n) is 12.0. The van der Waals surface area contributed by atoms with E-state index in [1.165, 1.54) is 0 Å². The van der Waals surface area contributed by atoms with Gasteiger partial charge in [-0.2, -0.15) is 10.5 Å². The summed E-state index contributed by atoms with van der Waals surface area (Å²) >= 11 is 0. The van der Waals surface area contributed by atoms with Crippen LogP contribution >= 0.6 is 0 Å². The van der Waals surface area contributed by atoms with Crippen molar-refractivity contribution in [3.63, 3.8) is 0 Å². The van der Waals surface area contributed by atoms with Gasteiger partial charge in [-0.05, 0) is 37.8 Å². The molecule has 2 fully saturated rings. The van der Waals surface area contributed by atoms with Crippen molar-refractivity contribution < 1.29 is 0 Å². The van der Waals surface area contributed by atoms with Crippen molar-refractivity contribution in [3.8, 4) is 12.1 Å². The highest BCUT2D eigenvalue weighted by molar-refractivity contribution is 5.29. The van der Waals surface area contributed by atoms with Crippen LogP contribution in [-0.2, 0) is 10.8 Å². The first-order valence-corrected chi connectivity index (χ1v) is 7.12. The molecule has 108 valence electrons. The zero-order valence-corrected chi connectivity index (χ0v) is 12.0. The molecule has 0 spiro atoms. The molecule has 0 N–H and O–H groups in total. The molecule has 0 radical (unpaired) electrons. The van der Waals surface area contributed by atoms with Crippen molar-refractivity contribution in [2.45, 2.75) is 36.5 Å². The van der Waals surface area contributed by atoms with E-state index in [1.54, 1.807) is 36.9 Å². The molecule has 2 aromatic heterocycles. The van der Waals surface area contributed by atoms with Gasteiger partial charge in [0.05, 0.1) is 12.1 Å². The Morgan fingerprint density at radius 1 is 0.682 bits per heavy atom. The van der Waals surface area contributed by atoms with Crippen LogP contribution in [0.1, 0.15) is 37.3 Å². The molecule has 4 rings (SSSR count). The van der Waals surface area contributed by atoms with Crippen LogP contribution in [0.15, 0.2) is 36.9 Å². The van der Waals surface area contributed by atoms with E-state index >= 15 is 0 Å². The van der Waals surface area contributed by atoms with Gasteiger partial charge in [-0.1, -0.05) is 0 Å². The van der Waals surface area contributed by atoms with Crippen LogP contribution in [0.4, 0.5) is 0 Å². The lowest BCUT2D eigenvalue weighted by Crippen LogP contribution is -2.07. The Balaban J connectivity index is 0.000000131. The third-order valence-corrected chi connectivity index (χ3v) is 3.92. The van der Waals surface area contributed by atoms with Crippen molar-refractivity contribution in [3.05, 3.63) is 48.6 Å². The van der Waals surface area contributed by atoms with Gasteiger partial charge in [0.25, 0.3) is 0 Å². The number of rotatable bonds is 2. The standard InChI is InChI=1S/2C8H7N3/c2*9-6-8(2-3-8)7-10-4-1-5-11-7/h2*1,4-5H,2-3H2. The molecule has 2 aliphatic rings. The van der Waals surface area contributed by atoms with Gasteiger partial charge in [0.15, 0.2) is 0 Å². The first kappa shape index (κ1) is 14.1. The number of hydrogen-bond acceptors (Lipinski definition) is 6. The summed E-state index contributed by atoms with van der Waals surface area (Å²) in [5, 5.41) is 17.6. The van der Waals surface area contributed by atoms with E-state index < -0.39 is 0 Å². The molecule has 6 heteroatoms. The van der Waals surface area contributed by atoms with E-state index in [4.69, 9.17) is 10.5 Å². The summed E-state index contributed by atoms with van der Waals surface area (Å²) in [7, 11) is 0. The van der Waals surface area contributed by atoms with E-state index in [1.807, 2.05) is 0 Å². The molecule has 22 heavy (non-hydrogen) atoms. The molecule has 2 aromatic rings. The summed E-state index contributed by atoms with van der Waals surface area (Å²) in [6, 6.07) is 8.01. The molecular formula is C16H14N6. The predicted octanol–water partition coefficient (Wildman–Crippen LogP) is 2.06. The van der Waals surface area contributed by atoms with Crippen LogP contribution in [0, 0.1) is 22.7 Å². The molecule has 2 aliphatic carbocycles. The van der Waals surface area contributed by atoms with Crippen LogP contribution in [-0.4, -0.2) is 19.9 Å². The van der Waals surface area contributed by atoms with E-state index in [-0.39, 0.29) is 10.8 Å². The summed E-state index contributed by atoms with van der Waals surface area (Å²) in [5.41, 5.74) is -0.664. The Kier molecular flexibility index (Phi) is 3.52. The smallest absolute Gasteiger partial charge is 0.148 e. The molecule has 0 aromatic carbocycles. The highest BCUT2D eigenvalue weighted by atomic mass is 14.9. The van der Waals surface area contributed by atoms with Crippen LogP contribution < -0.4 is 0 Å². The second-order valence-corrected chi connectivity index (χ2v) is 5.53. The number of nitriles is 2. The van der Waals surface area contributed by atoms with E-state index in [0.29, 0.717) is 11.6 Å². The molecule has 0 aliphatic heterocycles. The largest absolute Gasteiger partial charge is 0.240 e. The highest BCUT2D eigenvalue weighted by Crippen LogP contribution is 2.46. The summed E-state index contributed by atoms with van der Waals surface area (Å²) < 4.78 is 0. The fourth-order valence-electron chi connectivity index (χ4n) is 2.11. The monoisotopic (exact) mass is 290 g/mol. The van der Waals surface area contributed by atoms with Gasteiger partial charge in [-0.3, -0.25) is 0 Å². The second kappa shape index (κ2) is 5.50. The summed E-state index contributed by atoms with van der Waals surface area (Å²) in [4.78, 5) is 16.2. The number of hydrogen-bond donors (Lipinski definition) is 0. The second-order valence-electron chi connectivity index (χ2n) is 5.53. The lowest BCUT2D eigenvalue weighted by molar-refractivity contribution is 0.796. The Morgan fingerprint density at radius 3 is 1.23 bits per heavy atom. The lowest BCUT2D eigenvalue weighted by atomic mass is 10.1. The minimum atomic E-state index is -0.332. The SMILES string of the molecule is N#CC1(c2ncccn2)CC1.N#CC1(c2ncccn2)CC1. The predicted molar refractivity (Wildman–Crippen MR) is 77.1 cm³/mol. The molecule has 2 heterocycles. The third kappa shape index (κ3) is 2.64. The molecule has 0 bridgehead atoms. The van der Waals surface area contributed by atoms with Gasteiger partial charge in [-0.15, -0.1) is 0 Å². The van der Waals surface area contributed by atoms with E-state index in [9.17, 15) is 0 Å². The molecule has 0 amide bonds. The van der Waals surface area contributed by atoms with Gasteiger partial charge < -0.3 is 0 Å². The average Bonchev–Trinajstić information content (AvgIpc) is 3.52. The minimum absolute atomic E-state index is 0.332. The van der Waals surface area contributed by atoms with Crippen molar-refractivity contribution >= 4 is 0 Å². The van der Waals surface area contributed by atoms with E-state index in [2.05, 4.69) is 32.1 Å². The Hall–Kier alpha value is -2.86. The minimum Gasteiger partial charge on any atom is -0.240 e. The Morgan fingerprint density at radius 2 is 1.00 bits per heavy atom. The van der Waals surface area contributed by atoms with Gasteiger partial charge in [0.2, 0.25) is 0 Å². The molecular weight excluding hydrogens is 276 g/mol. The van der Waals surface area contributed by atoms with Gasteiger partial charge >= 0.3 is 0 Å². The molecule has 0 saturated heterocycles. The quantitative estimate of drug-likeness (QED) is 0.839. The normalized spacial score (nSPS) is 18.8. The van der Waals surface area contributed by atoms with Crippen molar-refractivity contribution in [1.29, 1.82) is 10.5 Å². The average molecular weight is 290 g/mol. The first-order chi connectivity index (χ1) is 10.7. The van der Waals surface area contributed by atoms with Gasteiger partial charge in [0, 0.05) is 24.8 Å². The lowest BCUT2D eigenvalue weighted by Gasteiger charge is -2.00. The van der Waals surface area contributed by atoms with Gasteiger partial charge in [-0.25, -0.2) is 19.9 Å². The molecule has 2 saturated carbocycles. The molecule has 0 atom stereocenters. The highest BCUT2D eigenvalue weighted by Gasteiger charge is 2.48. The third-order valence-electron chi connectivity index (χ3n) is 3.92. The summed E-state index contributed by atoms with van der Waals surface area (Å²) in [6.45, 7) is 0. The fourth-order valence-corrected chi connectivity index (χ4v) is 2.11. The van der Waals surface area contributed by atoms with Crippen LogP contribution in [0.25, 0.3) is 0 Å². The maximum absolute atomic E-state index is 8.78. The van der Waals surface area contributed by atoms with Crippen molar-refractivity contribution in [1.82, 2.24) is 19.9 Å². The Labute approximate surface area is 128 Å². The maximum atomic E-state index is 8.78. The van der Waals surface area contributed by atoms with E-state index in [0.717, 1.165) is 25.7 Å². The maximum Gasteiger partial charge on any atom is 0.148 e. The Bertz CT molecular complexity index is 655. The van der Waals surface area contributed by atoms with Crippen LogP contribution in [0.5, 0.6) is 0 Å². The fraction of sp³-hybridized carbons (Fsp3) is 0.375. The van der Waals surface area contributed by atoms with Crippen LogP contribution in [0.2, 0.25) is 0 Å². The molecule has 0 unspecified atom stereocenters. The number of aromatic nitrogens is 4. The molecule has 6 nitrogen and oxygen atoms in total. The number of nitrogens with zero attached hydrogens (tertiary/aromatic N) is 6. The van der Waals surface area contributed by atoms with Crippen molar-refractivity contribution in [2.75, 3.05) is 0 Å². The zero-order chi connectivity index (χ0) is 15.5. The first-order valence-electron chi connectivity index (χ1n) is 7.12. The topological polar surface area (TPSA) is 99.1 Å². The summed E-state index contributed by atoms with van der Waals surface area (Å²) in [6.07, 6.45) is 10.4. The summed E-state index contributed by atoms with van der Waals surface area (Å²) in [5.74, 6) is 1.37.